The molecule has 2 heterocycles. The van der Waals surface area contributed by atoms with Gasteiger partial charge in [0.1, 0.15) is 16.3 Å². The molecular formula is C21H34N8O4S. The topological polar surface area (TPSA) is 158 Å². The van der Waals surface area contributed by atoms with E-state index in [1.54, 1.807) is 12.3 Å². The number of anilines is 2. The maximum Gasteiger partial charge on any atom is 0.407 e. The molecule has 0 spiro atoms. The van der Waals surface area contributed by atoms with Crippen molar-refractivity contribution in [2.45, 2.75) is 49.3 Å². The lowest BCUT2D eigenvalue weighted by Crippen LogP contribution is -2.33. The van der Waals surface area contributed by atoms with E-state index < -0.39 is 5.60 Å². The number of aromatic nitrogens is 4. The van der Waals surface area contributed by atoms with Gasteiger partial charge in [-0.15, -0.1) is 0 Å². The molecular weight excluding hydrogens is 460 g/mol. The Labute approximate surface area is 204 Å². The van der Waals surface area contributed by atoms with Crippen LogP contribution in [-0.4, -0.2) is 72.0 Å². The third-order valence-electron chi connectivity index (χ3n) is 4.07. The molecule has 0 aliphatic rings. The summed E-state index contributed by atoms with van der Waals surface area (Å²) in [7, 11) is 3.05. The van der Waals surface area contributed by atoms with Crippen LogP contribution < -0.4 is 31.2 Å². The maximum absolute atomic E-state index is 11.6. The summed E-state index contributed by atoms with van der Waals surface area (Å²) < 4.78 is 16.0. The molecule has 34 heavy (non-hydrogen) atoms. The zero-order valence-corrected chi connectivity index (χ0v) is 21.1. The molecule has 5 N–H and O–H groups in total. The van der Waals surface area contributed by atoms with Crippen LogP contribution >= 0.6 is 11.8 Å². The van der Waals surface area contributed by atoms with E-state index >= 15 is 0 Å². The number of nitrogens with zero attached hydrogens (tertiary/aromatic N) is 4. The molecule has 0 radical (unpaired) electrons. The normalized spacial score (nSPS) is 11.1. The van der Waals surface area contributed by atoms with Crippen LogP contribution in [0.4, 0.5) is 16.6 Å². The lowest BCUT2D eigenvalue weighted by Gasteiger charge is -2.19. The van der Waals surface area contributed by atoms with Gasteiger partial charge in [-0.25, -0.2) is 14.8 Å². The summed E-state index contributed by atoms with van der Waals surface area (Å²) in [6, 6.07) is 1.61. The lowest BCUT2D eigenvalue weighted by atomic mass is 10.2. The van der Waals surface area contributed by atoms with Crippen molar-refractivity contribution in [3.8, 4) is 11.8 Å². The van der Waals surface area contributed by atoms with Gasteiger partial charge < -0.3 is 35.9 Å². The highest BCUT2D eigenvalue weighted by molar-refractivity contribution is 7.99. The van der Waals surface area contributed by atoms with Gasteiger partial charge in [0, 0.05) is 25.8 Å². The Morgan fingerprint density at radius 2 is 1.71 bits per heavy atom. The van der Waals surface area contributed by atoms with Crippen molar-refractivity contribution in [2.24, 2.45) is 0 Å². The van der Waals surface area contributed by atoms with Crippen LogP contribution in [-0.2, 0) is 4.74 Å². The Kier molecular flexibility index (Phi) is 10.9. The number of carbonyl (C=O) groups is 1. The molecule has 1 amide bonds. The highest BCUT2D eigenvalue weighted by Crippen LogP contribution is 2.39. The van der Waals surface area contributed by atoms with Crippen LogP contribution in [0.1, 0.15) is 33.6 Å². The fourth-order valence-electron chi connectivity index (χ4n) is 2.62. The van der Waals surface area contributed by atoms with Gasteiger partial charge in [-0.1, -0.05) is 0 Å². The van der Waals surface area contributed by atoms with Gasteiger partial charge in [0.05, 0.1) is 14.2 Å². The first-order valence-electron chi connectivity index (χ1n) is 10.9. The van der Waals surface area contributed by atoms with Crippen LogP contribution in [0.5, 0.6) is 11.8 Å². The average Bonchev–Trinajstić information content (AvgIpc) is 2.77. The number of rotatable bonds is 13. The van der Waals surface area contributed by atoms with E-state index in [2.05, 4.69) is 35.9 Å². The monoisotopic (exact) mass is 494 g/mol. The van der Waals surface area contributed by atoms with E-state index in [1.807, 2.05) is 20.8 Å². The number of ether oxygens (including phenoxy) is 3. The molecule has 0 unspecified atom stereocenters. The Balaban J connectivity index is 1.74. The SMILES string of the molecule is COc1nc(NCCNCCCCNC(=O)OC(C)(C)C)nc(OC)c1Sc1nccc(N)n1. The number of hydrogen-bond donors (Lipinski definition) is 4. The Morgan fingerprint density at radius 3 is 2.32 bits per heavy atom. The predicted octanol–water partition coefficient (Wildman–Crippen LogP) is 2.32. The number of hydrogen-bond acceptors (Lipinski definition) is 12. The largest absolute Gasteiger partial charge is 0.480 e. The molecule has 2 aromatic heterocycles. The number of unbranched alkanes of at least 4 members (excludes halogenated alkanes) is 1. The Morgan fingerprint density at radius 1 is 1.03 bits per heavy atom. The van der Waals surface area contributed by atoms with Crippen LogP contribution in [0.3, 0.4) is 0 Å². The number of nitrogen functional groups attached to an aromatic ring is 1. The minimum absolute atomic E-state index is 0.343. The van der Waals surface area contributed by atoms with Crippen LogP contribution in [0, 0.1) is 0 Å². The number of alkyl carbamates (subject to hydrolysis) is 1. The first-order chi connectivity index (χ1) is 16.2. The molecule has 188 valence electrons. The average molecular weight is 495 g/mol. The molecule has 0 bridgehead atoms. The van der Waals surface area contributed by atoms with Gasteiger partial charge in [0.15, 0.2) is 5.16 Å². The summed E-state index contributed by atoms with van der Waals surface area (Å²) in [6.45, 7) is 8.23. The fourth-order valence-corrected chi connectivity index (χ4v) is 3.49. The van der Waals surface area contributed by atoms with Crippen molar-refractivity contribution >= 4 is 29.6 Å². The second-order valence-electron chi connectivity index (χ2n) is 8.07. The number of amides is 1. The molecule has 0 aromatic carbocycles. The van der Waals surface area contributed by atoms with Crippen LogP contribution in [0.25, 0.3) is 0 Å². The zero-order valence-electron chi connectivity index (χ0n) is 20.3. The van der Waals surface area contributed by atoms with E-state index in [-0.39, 0.29) is 6.09 Å². The van der Waals surface area contributed by atoms with Crippen molar-refractivity contribution < 1.29 is 19.0 Å². The first kappa shape index (κ1) is 27.2. The highest BCUT2D eigenvalue weighted by atomic mass is 32.2. The van der Waals surface area contributed by atoms with Gasteiger partial charge in [-0.2, -0.15) is 9.97 Å². The van der Waals surface area contributed by atoms with Gasteiger partial charge in [0.2, 0.25) is 17.7 Å². The summed E-state index contributed by atoms with van der Waals surface area (Å²) >= 11 is 1.21. The van der Waals surface area contributed by atoms with E-state index in [4.69, 9.17) is 19.9 Å². The lowest BCUT2D eigenvalue weighted by molar-refractivity contribution is 0.0527. The minimum atomic E-state index is -0.486. The third kappa shape index (κ3) is 9.83. The standard InChI is InChI=1S/C21H34N8O4S/c1-21(2,3)33-20(30)26-10-7-6-9-23-12-13-24-18-28-16(31-4)15(17(29-18)32-5)34-19-25-11-8-14(22)27-19/h8,11,23H,6-7,9-10,12-13H2,1-5H3,(H,26,30)(H2,22,25,27)(H,24,28,29). The molecule has 2 rings (SSSR count). The van der Waals surface area contributed by atoms with Gasteiger partial charge in [-0.05, 0) is 58.0 Å². The van der Waals surface area contributed by atoms with Crippen molar-refractivity contribution in [1.82, 2.24) is 30.6 Å². The number of nitrogens with one attached hydrogen (secondary N) is 3. The van der Waals surface area contributed by atoms with Crippen molar-refractivity contribution in [3.05, 3.63) is 12.3 Å². The van der Waals surface area contributed by atoms with Gasteiger partial charge >= 0.3 is 6.09 Å². The first-order valence-corrected chi connectivity index (χ1v) is 11.7. The number of nitrogens with two attached hydrogens (primary N) is 1. The minimum Gasteiger partial charge on any atom is -0.480 e. The molecule has 0 fully saturated rings. The van der Waals surface area contributed by atoms with Crippen molar-refractivity contribution in [1.29, 1.82) is 0 Å². The molecule has 12 nitrogen and oxygen atoms in total. The zero-order chi connectivity index (χ0) is 25.0. The summed E-state index contributed by atoms with van der Waals surface area (Å²) in [4.78, 5) is 29.3. The van der Waals surface area contributed by atoms with Crippen LogP contribution in [0.2, 0.25) is 0 Å². The molecule has 2 aromatic rings. The Bertz CT molecular complexity index is 901. The van der Waals surface area contributed by atoms with Gasteiger partial charge in [0.25, 0.3) is 0 Å². The fraction of sp³-hybridized carbons (Fsp3) is 0.571. The summed E-state index contributed by atoms with van der Waals surface area (Å²) in [5, 5.41) is 9.67. The molecule has 0 aliphatic carbocycles. The van der Waals surface area contributed by atoms with E-state index in [9.17, 15) is 4.79 Å². The second-order valence-corrected chi connectivity index (χ2v) is 9.05. The summed E-state index contributed by atoms with van der Waals surface area (Å²) in [5.41, 5.74) is 5.24. The number of carbonyl (C=O) groups excluding carboxylic acids is 1. The van der Waals surface area contributed by atoms with Crippen molar-refractivity contribution in [3.63, 3.8) is 0 Å². The molecule has 13 heteroatoms. The van der Waals surface area contributed by atoms with Crippen molar-refractivity contribution in [2.75, 3.05) is 51.4 Å². The number of methoxy groups -OCH3 is 2. The van der Waals surface area contributed by atoms with Gasteiger partial charge in [-0.3, -0.25) is 0 Å². The molecule has 0 saturated carbocycles. The predicted molar refractivity (Wildman–Crippen MR) is 131 cm³/mol. The molecule has 0 aliphatic heterocycles. The molecule has 0 atom stereocenters. The Hall–Kier alpha value is -3.06. The summed E-state index contributed by atoms with van der Waals surface area (Å²) in [5.74, 6) is 1.43. The van der Waals surface area contributed by atoms with E-state index in [1.165, 1.54) is 26.0 Å². The van der Waals surface area contributed by atoms with E-state index in [0.717, 1.165) is 19.4 Å². The maximum atomic E-state index is 11.6. The quantitative estimate of drug-likeness (QED) is 0.238. The molecule has 0 saturated heterocycles. The van der Waals surface area contributed by atoms with E-state index in [0.29, 0.717) is 53.2 Å². The summed E-state index contributed by atoms with van der Waals surface area (Å²) in [6.07, 6.45) is 2.96. The highest BCUT2D eigenvalue weighted by Gasteiger charge is 2.19. The van der Waals surface area contributed by atoms with Crippen LogP contribution in [0.15, 0.2) is 22.3 Å². The smallest absolute Gasteiger partial charge is 0.407 e. The third-order valence-corrected chi connectivity index (χ3v) is 5.00. The second kappa shape index (κ2) is 13.6.